The third-order valence-corrected chi connectivity index (χ3v) is 3.79. The molecule has 1 aromatic carbocycles. The zero-order chi connectivity index (χ0) is 12.8. The van der Waals surface area contributed by atoms with Crippen LogP contribution in [0.5, 0.6) is 5.75 Å². The van der Waals surface area contributed by atoms with Crippen LogP contribution in [0.3, 0.4) is 0 Å². The predicted octanol–water partition coefficient (Wildman–Crippen LogP) is 3.49. The standard InChI is InChI=1S/C14H22O2S/c1-10-7-8-12(14(16-3)11(10)2)13(15)6-5-9-17-4/h7-8,13,15H,5-6,9H2,1-4H3. The highest BCUT2D eigenvalue weighted by Crippen LogP contribution is 2.32. The van der Waals surface area contributed by atoms with Crippen molar-refractivity contribution in [2.75, 3.05) is 19.1 Å². The van der Waals surface area contributed by atoms with E-state index in [-0.39, 0.29) is 0 Å². The fraction of sp³-hybridized carbons (Fsp3) is 0.571. The lowest BCUT2D eigenvalue weighted by Crippen LogP contribution is -2.03. The van der Waals surface area contributed by atoms with Gasteiger partial charge in [-0.25, -0.2) is 0 Å². The molecule has 1 rings (SSSR count). The molecule has 0 fully saturated rings. The van der Waals surface area contributed by atoms with Gasteiger partial charge < -0.3 is 9.84 Å². The van der Waals surface area contributed by atoms with E-state index in [9.17, 15) is 5.11 Å². The fourth-order valence-corrected chi connectivity index (χ4v) is 2.38. The average Bonchev–Trinajstić information content (AvgIpc) is 2.32. The first-order chi connectivity index (χ1) is 8.11. The molecule has 1 unspecified atom stereocenters. The Kier molecular flexibility index (Phi) is 5.86. The van der Waals surface area contributed by atoms with E-state index in [2.05, 4.69) is 13.2 Å². The number of ether oxygens (including phenoxy) is 1. The number of aryl methyl sites for hydroxylation is 1. The van der Waals surface area contributed by atoms with Crippen molar-refractivity contribution in [3.8, 4) is 5.75 Å². The highest BCUT2D eigenvalue weighted by Gasteiger charge is 2.15. The van der Waals surface area contributed by atoms with Crippen LogP contribution in [-0.2, 0) is 0 Å². The molecule has 1 N–H and O–H groups in total. The van der Waals surface area contributed by atoms with Crippen molar-refractivity contribution >= 4 is 11.8 Å². The Bertz CT molecular complexity index is 363. The van der Waals surface area contributed by atoms with E-state index in [4.69, 9.17) is 4.74 Å². The average molecular weight is 254 g/mol. The normalized spacial score (nSPS) is 12.5. The molecule has 0 aromatic heterocycles. The number of methoxy groups -OCH3 is 1. The Labute approximate surface area is 108 Å². The molecule has 0 saturated heterocycles. The van der Waals surface area contributed by atoms with Crippen LogP contribution in [0, 0.1) is 13.8 Å². The van der Waals surface area contributed by atoms with Crippen LogP contribution in [-0.4, -0.2) is 24.2 Å². The summed E-state index contributed by atoms with van der Waals surface area (Å²) in [5.41, 5.74) is 3.23. The summed E-state index contributed by atoms with van der Waals surface area (Å²) in [7, 11) is 1.67. The van der Waals surface area contributed by atoms with E-state index in [0.29, 0.717) is 0 Å². The molecule has 0 saturated carbocycles. The third-order valence-electron chi connectivity index (χ3n) is 3.10. The van der Waals surface area contributed by atoms with Gasteiger partial charge >= 0.3 is 0 Å². The lowest BCUT2D eigenvalue weighted by molar-refractivity contribution is 0.162. The lowest BCUT2D eigenvalue weighted by atomic mass is 9.98. The van der Waals surface area contributed by atoms with Crippen LogP contribution < -0.4 is 4.74 Å². The fourth-order valence-electron chi connectivity index (χ4n) is 1.92. The Hall–Kier alpha value is -0.670. The smallest absolute Gasteiger partial charge is 0.127 e. The lowest BCUT2D eigenvalue weighted by Gasteiger charge is -2.17. The van der Waals surface area contributed by atoms with E-state index in [1.165, 1.54) is 5.56 Å². The topological polar surface area (TPSA) is 29.5 Å². The predicted molar refractivity (Wildman–Crippen MR) is 75.0 cm³/mol. The number of aliphatic hydroxyl groups excluding tert-OH is 1. The molecule has 96 valence electrons. The first kappa shape index (κ1) is 14.4. The number of benzene rings is 1. The van der Waals surface area contributed by atoms with Crippen LogP contribution in [0.2, 0.25) is 0 Å². The molecule has 0 aliphatic rings. The van der Waals surface area contributed by atoms with Gasteiger partial charge in [-0.05, 0) is 49.8 Å². The van der Waals surface area contributed by atoms with Gasteiger partial charge in [0.2, 0.25) is 0 Å². The Morgan fingerprint density at radius 3 is 2.65 bits per heavy atom. The van der Waals surface area contributed by atoms with Crippen molar-refractivity contribution in [2.24, 2.45) is 0 Å². The Morgan fingerprint density at radius 2 is 2.06 bits per heavy atom. The molecule has 0 spiro atoms. The summed E-state index contributed by atoms with van der Waals surface area (Å²) in [4.78, 5) is 0. The molecule has 0 bridgehead atoms. The Morgan fingerprint density at radius 1 is 1.35 bits per heavy atom. The highest BCUT2D eigenvalue weighted by molar-refractivity contribution is 7.98. The quantitative estimate of drug-likeness (QED) is 0.788. The summed E-state index contributed by atoms with van der Waals surface area (Å²) in [5, 5.41) is 10.2. The van der Waals surface area contributed by atoms with Crippen LogP contribution in [0.1, 0.15) is 35.6 Å². The first-order valence-electron chi connectivity index (χ1n) is 5.93. The van der Waals surface area contributed by atoms with Crippen molar-refractivity contribution in [3.63, 3.8) is 0 Å². The van der Waals surface area contributed by atoms with Gasteiger partial charge in [-0.3, -0.25) is 0 Å². The zero-order valence-electron chi connectivity index (χ0n) is 11.1. The van der Waals surface area contributed by atoms with Crippen LogP contribution in [0.25, 0.3) is 0 Å². The van der Waals surface area contributed by atoms with E-state index < -0.39 is 6.10 Å². The van der Waals surface area contributed by atoms with Crippen LogP contribution >= 0.6 is 11.8 Å². The van der Waals surface area contributed by atoms with Crippen LogP contribution in [0.4, 0.5) is 0 Å². The number of hydrogen-bond donors (Lipinski definition) is 1. The maximum Gasteiger partial charge on any atom is 0.127 e. The van der Waals surface area contributed by atoms with Gasteiger partial charge in [0, 0.05) is 5.56 Å². The summed E-state index contributed by atoms with van der Waals surface area (Å²) in [6.07, 6.45) is 3.48. The molecule has 0 aliphatic heterocycles. The second-order valence-corrected chi connectivity index (χ2v) is 5.27. The maximum atomic E-state index is 10.2. The summed E-state index contributed by atoms with van der Waals surface area (Å²) in [6.45, 7) is 4.09. The maximum absolute atomic E-state index is 10.2. The SMILES string of the molecule is COc1c(C(O)CCCSC)ccc(C)c1C. The summed E-state index contributed by atoms with van der Waals surface area (Å²) in [5.74, 6) is 1.92. The number of rotatable bonds is 6. The molecule has 1 aromatic rings. The van der Waals surface area contributed by atoms with Gasteiger partial charge in [-0.15, -0.1) is 0 Å². The highest BCUT2D eigenvalue weighted by atomic mass is 32.2. The molecular formula is C14H22O2S. The van der Waals surface area contributed by atoms with E-state index in [0.717, 1.165) is 35.5 Å². The van der Waals surface area contributed by atoms with Crippen molar-refractivity contribution in [1.82, 2.24) is 0 Å². The van der Waals surface area contributed by atoms with Gasteiger partial charge in [0.05, 0.1) is 13.2 Å². The van der Waals surface area contributed by atoms with Crippen molar-refractivity contribution < 1.29 is 9.84 Å². The van der Waals surface area contributed by atoms with Crippen molar-refractivity contribution in [2.45, 2.75) is 32.8 Å². The zero-order valence-corrected chi connectivity index (χ0v) is 11.9. The molecule has 2 nitrogen and oxygen atoms in total. The molecule has 17 heavy (non-hydrogen) atoms. The monoisotopic (exact) mass is 254 g/mol. The first-order valence-corrected chi connectivity index (χ1v) is 7.32. The Balaban J connectivity index is 2.85. The van der Waals surface area contributed by atoms with Gasteiger partial charge in [-0.2, -0.15) is 11.8 Å². The molecule has 0 radical (unpaired) electrons. The van der Waals surface area contributed by atoms with Gasteiger partial charge in [-0.1, -0.05) is 12.1 Å². The molecule has 0 heterocycles. The van der Waals surface area contributed by atoms with Gasteiger partial charge in [0.1, 0.15) is 5.75 Å². The van der Waals surface area contributed by atoms with E-state index in [1.807, 2.05) is 30.8 Å². The third kappa shape index (κ3) is 3.65. The summed E-state index contributed by atoms with van der Waals surface area (Å²) >= 11 is 1.81. The number of thioether (sulfide) groups is 1. The second-order valence-electron chi connectivity index (χ2n) is 4.28. The van der Waals surface area contributed by atoms with E-state index >= 15 is 0 Å². The molecule has 3 heteroatoms. The molecular weight excluding hydrogens is 232 g/mol. The van der Waals surface area contributed by atoms with Crippen molar-refractivity contribution in [3.05, 3.63) is 28.8 Å². The second kappa shape index (κ2) is 6.92. The minimum atomic E-state index is -0.420. The number of hydrogen-bond acceptors (Lipinski definition) is 3. The largest absolute Gasteiger partial charge is 0.496 e. The van der Waals surface area contributed by atoms with E-state index in [1.54, 1.807) is 7.11 Å². The van der Waals surface area contributed by atoms with Gasteiger partial charge in [0.25, 0.3) is 0 Å². The van der Waals surface area contributed by atoms with Gasteiger partial charge in [0.15, 0.2) is 0 Å². The summed E-state index contributed by atoms with van der Waals surface area (Å²) < 4.78 is 5.42. The van der Waals surface area contributed by atoms with Crippen LogP contribution in [0.15, 0.2) is 12.1 Å². The minimum absolute atomic E-state index is 0.420. The summed E-state index contributed by atoms with van der Waals surface area (Å²) in [6, 6.07) is 4.02. The number of aliphatic hydroxyl groups is 1. The molecule has 0 amide bonds. The van der Waals surface area contributed by atoms with Crippen molar-refractivity contribution in [1.29, 1.82) is 0 Å². The molecule has 1 atom stereocenters. The minimum Gasteiger partial charge on any atom is -0.496 e. The molecule has 0 aliphatic carbocycles.